The van der Waals surface area contributed by atoms with Crippen LogP contribution in [0.4, 0.5) is 0 Å². The highest BCUT2D eigenvalue weighted by molar-refractivity contribution is 7.48. The van der Waals surface area contributed by atoms with E-state index in [1.807, 2.05) is 20.8 Å². The van der Waals surface area contributed by atoms with Gasteiger partial charge in [-0.2, -0.15) is 0 Å². The van der Waals surface area contributed by atoms with E-state index >= 15 is 0 Å². The van der Waals surface area contributed by atoms with Crippen LogP contribution in [0.3, 0.4) is 0 Å². The van der Waals surface area contributed by atoms with Gasteiger partial charge in [0.1, 0.15) is 0 Å². The molecule has 0 atom stereocenters. The molecule has 0 aromatic heterocycles. The first kappa shape index (κ1) is 21.2. The predicted octanol–water partition coefficient (Wildman–Crippen LogP) is 3.23. The smallest absolute Gasteiger partial charge is 0.374 e. The van der Waals surface area contributed by atoms with Crippen LogP contribution in [0.2, 0.25) is 6.04 Å². The summed E-state index contributed by atoms with van der Waals surface area (Å²) in [4.78, 5) is 0. The molecular weight excluding hydrogens is 315 g/mol. The molecule has 0 aromatic carbocycles. The van der Waals surface area contributed by atoms with Crippen LogP contribution in [-0.2, 0) is 31.4 Å². The lowest BCUT2D eigenvalue weighted by Crippen LogP contribution is -2.46. The summed E-state index contributed by atoms with van der Waals surface area (Å²) in [6.07, 6.45) is 0. The zero-order valence-corrected chi connectivity index (χ0v) is 15.6. The second kappa shape index (κ2) is 11.7. The van der Waals surface area contributed by atoms with Gasteiger partial charge in [0.2, 0.25) is 0 Å². The fourth-order valence-corrected chi connectivity index (χ4v) is 5.41. The summed E-state index contributed by atoms with van der Waals surface area (Å²) in [6.45, 7) is 11.2. The molecule has 0 bridgehead atoms. The van der Waals surface area contributed by atoms with E-state index in [0.717, 1.165) is 0 Å². The quantitative estimate of drug-likeness (QED) is 0.354. The van der Waals surface area contributed by atoms with E-state index in [2.05, 4.69) is 0 Å². The van der Waals surface area contributed by atoms with Crippen LogP contribution in [0.5, 0.6) is 0 Å². The van der Waals surface area contributed by atoms with E-state index in [0.29, 0.717) is 25.9 Å². The third-order valence-electron chi connectivity index (χ3n) is 2.32. The predicted molar refractivity (Wildman–Crippen MR) is 82.2 cm³/mol. The fraction of sp³-hybridized carbons (Fsp3) is 1.00. The van der Waals surface area contributed by atoms with Gasteiger partial charge in [0, 0.05) is 25.9 Å². The molecule has 0 heterocycles. The molecule has 0 aliphatic carbocycles. The number of rotatable bonds is 14. The van der Waals surface area contributed by atoms with Crippen molar-refractivity contribution in [2.24, 2.45) is 0 Å². The van der Waals surface area contributed by atoms with Gasteiger partial charge in [0.25, 0.3) is 0 Å². The van der Waals surface area contributed by atoms with Crippen LogP contribution in [0.15, 0.2) is 0 Å². The lowest BCUT2D eigenvalue weighted by Gasteiger charge is -2.28. The number of phosphoric acid groups is 1. The highest BCUT2D eigenvalue weighted by atomic mass is 31.2. The molecule has 0 aromatic rings. The van der Waals surface area contributed by atoms with Crippen LogP contribution in [0.1, 0.15) is 34.6 Å². The van der Waals surface area contributed by atoms with Crippen molar-refractivity contribution in [3.8, 4) is 0 Å². The van der Waals surface area contributed by atoms with Gasteiger partial charge in [0.05, 0.1) is 19.8 Å². The van der Waals surface area contributed by atoms with Crippen molar-refractivity contribution in [3.63, 3.8) is 0 Å². The Morgan fingerprint density at radius 3 is 1.48 bits per heavy atom. The molecule has 0 unspecified atom stereocenters. The van der Waals surface area contributed by atoms with Gasteiger partial charge in [-0.15, -0.1) is 0 Å². The van der Waals surface area contributed by atoms with Crippen molar-refractivity contribution in [2.75, 3.05) is 39.6 Å². The molecule has 0 rings (SSSR count). The Labute approximate surface area is 129 Å². The molecule has 0 N–H and O–H groups in total. The minimum Gasteiger partial charge on any atom is -0.374 e. The van der Waals surface area contributed by atoms with Crippen molar-refractivity contribution in [1.29, 1.82) is 0 Å². The Morgan fingerprint density at radius 2 is 1.14 bits per heavy atom. The van der Waals surface area contributed by atoms with Gasteiger partial charge in [-0.05, 0) is 34.6 Å². The summed E-state index contributed by atoms with van der Waals surface area (Å²) in [5.41, 5.74) is 0. The van der Waals surface area contributed by atoms with Crippen LogP contribution in [0, 0.1) is 0 Å². The minimum absolute atomic E-state index is 0.128. The van der Waals surface area contributed by atoms with Gasteiger partial charge in [-0.3, -0.25) is 13.6 Å². The van der Waals surface area contributed by atoms with Crippen molar-refractivity contribution in [3.05, 3.63) is 0 Å². The largest absolute Gasteiger partial charge is 0.503 e. The molecule has 9 heteroatoms. The summed E-state index contributed by atoms with van der Waals surface area (Å²) in [7, 11) is -6.31. The SMILES string of the molecule is CCO[Si](CCOP(=O)(OCC)OCC)(OCC)OCC. The van der Waals surface area contributed by atoms with Crippen molar-refractivity contribution in [2.45, 2.75) is 40.7 Å². The van der Waals surface area contributed by atoms with Gasteiger partial charge >= 0.3 is 16.6 Å². The first-order valence-electron chi connectivity index (χ1n) is 7.46. The molecule has 0 fully saturated rings. The highest BCUT2D eigenvalue weighted by Crippen LogP contribution is 2.49. The normalized spacial score (nSPS) is 12.8. The van der Waals surface area contributed by atoms with Gasteiger partial charge in [0.15, 0.2) is 0 Å². The second-order valence-corrected chi connectivity index (χ2v) is 8.25. The van der Waals surface area contributed by atoms with Crippen molar-refractivity contribution < 1.29 is 31.4 Å². The molecule has 0 saturated carbocycles. The van der Waals surface area contributed by atoms with Crippen molar-refractivity contribution in [1.82, 2.24) is 0 Å². The summed E-state index contributed by atoms with van der Waals surface area (Å²) in [5, 5.41) is 0. The van der Waals surface area contributed by atoms with Crippen LogP contribution in [0.25, 0.3) is 0 Å². The fourth-order valence-electron chi connectivity index (χ4n) is 1.71. The maximum Gasteiger partial charge on any atom is 0.503 e. The maximum atomic E-state index is 12.2. The van der Waals surface area contributed by atoms with E-state index in [-0.39, 0.29) is 19.8 Å². The third kappa shape index (κ3) is 8.42. The second-order valence-electron chi connectivity index (χ2n) is 3.85. The molecule has 0 aliphatic heterocycles. The van der Waals surface area contributed by atoms with E-state index < -0.39 is 16.6 Å². The number of hydrogen-bond acceptors (Lipinski definition) is 7. The Balaban J connectivity index is 4.61. The van der Waals surface area contributed by atoms with Gasteiger partial charge in [-0.1, -0.05) is 0 Å². The van der Waals surface area contributed by atoms with Crippen molar-refractivity contribution >= 4 is 16.6 Å². The molecule has 0 spiro atoms. The molecule has 0 aliphatic rings. The Morgan fingerprint density at radius 1 is 0.714 bits per heavy atom. The summed E-state index contributed by atoms with van der Waals surface area (Å²) < 4.78 is 44.7. The van der Waals surface area contributed by atoms with Gasteiger partial charge < -0.3 is 13.3 Å². The standard InChI is InChI=1S/C12H29O7PSi/c1-6-14-20(13,15-7-2)16-11-12-21(17-8-3,18-9-4)19-10-5/h6-12H2,1-5H3. The number of hydrogen-bond donors (Lipinski definition) is 0. The Kier molecular flexibility index (Phi) is 11.8. The Bertz CT molecular complexity index is 276. The zero-order valence-electron chi connectivity index (χ0n) is 13.8. The average molecular weight is 344 g/mol. The van der Waals surface area contributed by atoms with E-state index in [1.54, 1.807) is 13.8 Å². The molecule has 0 saturated heterocycles. The van der Waals surface area contributed by atoms with Crippen LogP contribution < -0.4 is 0 Å². The van der Waals surface area contributed by atoms with Crippen LogP contribution in [-0.4, -0.2) is 48.4 Å². The number of phosphoric ester groups is 1. The average Bonchev–Trinajstić information content (AvgIpc) is 2.40. The summed E-state index contributed by atoms with van der Waals surface area (Å²) >= 11 is 0. The lowest BCUT2D eigenvalue weighted by atomic mass is 10.9. The minimum atomic E-state index is -3.51. The maximum absolute atomic E-state index is 12.2. The lowest BCUT2D eigenvalue weighted by molar-refractivity contribution is 0.0634. The first-order chi connectivity index (χ1) is 10.0. The van der Waals surface area contributed by atoms with Crippen LogP contribution >= 0.6 is 7.82 Å². The molecule has 21 heavy (non-hydrogen) atoms. The van der Waals surface area contributed by atoms with E-state index in [4.69, 9.17) is 26.8 Å². The molecule has 0 radical (unpaired) electrons. The van der Waals surface area contributed by atoms with E-state index in [9.17, 15) is 4.57 Å². The molecule has 128 valence electrons. The van der Waals surface area contributed by atoms with Gasteiger partial charge in [-0.25, -0.2) is 4.57 Å². The molecule has 0 amide bonds. The summed E-state index contributed by atoms with van der Waals surface area (Å²) in [5.74, 6) is 0. The summed E-state index contributed by atoms with van der Waals surface area (Å²) in [6, 6.07) is 0.395. The Hall–Kier alpha value is 0.207. The monoisotopic (exact) mass is 344 g/mol. The van der Waals surface area contributed by atoms with E-state index in [1.165, 1.54) is 0 Å². The molecule has 7 nitrogen and oxygen atoms in total. The first-order valence-corrected chi connectivity index (χ1v) is 10.9. The topological polar surface area (TPSA) is 72.5 Å². The highest BCUT2D eigenvalue weighted by Gasteiger charge is 2.41. The zero-order chi connectivity index (χ0) is 16.2. The molecular formula is C12H29O7PSi. The third-order valence-corrected chi connectivity index (χ3v) is 6.97.